The van der Waals surface area contributed by atoms with Gasteiger partial charge in [-0.05, 0) is 13.8 Å². The van der Waals surface area contributed by atoms with Crippen LogP contribution in [0, 0.1) is 0 Å². The SMILES string of the molecule is C[C@@H]1CN(CCOCC(F)F)[C@@H](C)CN1S(C)(=O)=O. The summed E-state index contributed by atoms with van der Waals surface area (Å²) in [6, 6.07) is -0.0534. The van der Waals surface area contributed by atoms with Gasteiger partial charge in [-0.15, -0.1) is 0 Å². The molecule has 1 aliphatic heterocycles. The molecule has 1 aliphatic rings. The van der Waals surface area contributed by atoms with Crippen LogP contribution in [0.1, 0.15) is 13.8 Å². The second-order valence-electron chi connectivity index (χ2n) is 4.99. The fourth-order valence-corrected chi connectivity index (χ4v) is 3.50. The number of piperazine rings is 1. The Balaban J connectivity index is 2.43. The highest BCUT2D eigenvalue weighted by Gasteiger charge is 2.33. The predicted molar refractivity (Wildman–Crippen MR) is 68.9 cm³/mol. The van der Waals surface area contributed by atoms with E-state index in [2.05, 4.69) is 4.90 Å². The maximum absolute atomic E-state index is 11.9. The average molecular weight is 300 g/mol. The summed E-state index contributed by atoms with van der Waals surface area (Å²) in [5, 5.41) is 0. The second-order valence-corrected chi connectivity index (χ2v) is 6.93. The number of rotatable bonds is 6. The molecular formula is C11H22F2N2O3S. The van der Waals surface area contributed by atoms with E-state index in [0.29, 0.717) is 19.6 Å². The molecule has 0 bridgehead atoms. The normalized spacial score (nSPS) is 27.1. The Kier molecular flexibility index (Phi) is 6.10. The largest absolute Gasteiger partial charge is 0.374 e. The third-order valence-corrected chi connectivity index (χ3v) is 4.61. The van der Waals surface area contributed by atoms with Crippen molar-refractivity contribution in [1.82, 2.24) is 9.21 Å². The lowest BCUT2D eigenvalue weighted by molar-refractivity contribution is -0.00193. The standard InChI is InChI=1S/C11H22F2N2O3S/c1-9-7-15(19(3,16)17)10(2)6-14(9)4-5-18-8-11(12)13/h9-11H,4-8H2,1-3H3/t9-,10+/m0/s1. The average Bonchev–Trinajstić information content (AvgIpc) is 2.26. The minimum Gasteiger partial charge on any atom is -0.374 e. The molecule has 19 heavy (non-hydrogen) atoms. The molecule has 0 aromatic heterocycles. The molecule has 5 nitrogen and oxygen atoms in total. The molecule has 1 saturated heterocycles. The van der Waals surface area contributed by atoms with Crippen LogP contribution in [-0.2, 0) is 14.8 Å². The van der Waals surface area contributed by atoms with Gasteiger partial charge in [-0.2, -0.15) is 4.31 Å². The number of nitrogens with zero attached hydrogens (tertiary/aromatic N) is 2. The molecular weight excluding hydrogens is 278 g/mol. The first-order valence-electron chi connectivity index (χ1n) is 6.28. The summed E-state index contributed by atoms with van der Waals surface area (Å²) in [4.78, 5) is 2.07. The lowest BCUT2D eigenvalue weighted by Crippen LogP contribution is -2.58. The maximum atomic E-state index is 11.9. The van der Waals surface area contributed by atoms with Crippen molar-refractivity contribution in [3.63, 3.8) is 0 Å². The van der Waals surface area contributed by atoms with E-state index in [-0.39, 0.29) is 18.7 Å². The van der Waals surface area contributed by atoms with Gasteiger partial charge in [0.2, 0.25) is 10.0 Å². The predicted octanol–water partition coefficient (Wildman–Crippen LogP) is 0.622. The van der Waals surface area contributed by atoms with E-state index >= 15 is 0 Å². The van der Waals surface area contributed by atoms with E-state index in [1.807, 2.05) is 13.8 Å². The van der Waals surface area contributed by atoms with Crippen LogP contribution in [0.25, 0.3) is 0 Å². The van der Waals surface area contributed by atoms with Crippen molar-refractivity contribution in [2.75, 3.05) is 39.1 Å². The van der Waals surface area contributed by atoms with Crippen molar-refractivity contribution in [2.45, 2.75) is 32.4 Å². The van der Waals surface area contributed by atoms with Crippen LogP contribution in [0.2, 0.25) is 0 Å². The van der Waals surface area contributed by atoms with Gasteiger partial charge in [0.15, 0.2) is 0 Å². The number of ether oxygens (including phenoxy) is 1. The Hall–Kier alpha value is -0.310. The van der Waals surface area contributed by atoms with E-state index in [0.717, 1.165) is 0 Å². The first kappa shape index (κ1) is 16.7. The van der Waals surface area contributed by atoms with E-state index in [4.69, 9.17) is 4.74 Å². The third-order valence-electron chi connectivity index (χ3n) is 3.25. The van der Waals surface area contributed by atoms with Crippen LogP contribution in [0.5, 0.6) is 0 Å². The molecule has 1 heterocycles. The topological polar surface area (TPSA) is 49.9 Å². The van der Waals surface area contributed by atoms with Crippen molar-refractivity contribution in [2.24, 2.45) is 0 Å². The van der Waals surface area contributed by atoms with Crippen LogP contribution < -0.4 is 0 Å². The number of sulfonamides is 1. The van der Waals surface area contributed by atoms with Gasteiger partial charge < -0.3 is 4.74 Å². The summed E-state index contributed by atoms with van der Waals surface area (Å²) in [6.07, 6.45) is -1.24. The summed E-state index contributed by atoms with van der Waals surface area (Å²) in [5.41, 5.74) is 0. The van der Waals surface area contributed by atoms with E-state index < -0.39 is 23.1 Å². The number of hydrogen-bond donors (Lipinski definition) is 0. The number of hydrogen-bond acceptors (Lipinski definition) is 4. The highest BCUT2D eigenvalue weighted by molar-refractivity contribution is 7.88. The van der Waals surface area contributed by atoms with Crippen molar-refractivity contribution in [1.29, 1.82) is 0 Å². The van der Waals surface area contributed by atoms with Gasteiger partial charge in [0.05, 0.1) is 12.9 Å². The molecule has 8 heteroatoms. The number of halogens is 2. The smallest absolute Gasteiger partial charge is 0.261 e. The van der Waals surface area contributed by atoms with E-state index in [1.165, 1.54) is 10.6 Å². The minimum atomic E-state index is -3.19. The Morgan fingerprint density at radius 3 is 2.42 bits per heavy atom. The second kappa shape index (κ2) is 6.92. The Morgan fingerprint density at radius 1 is 1.26 bits per heavy atom. The van der Waals surface area contributed by atoms with Crippen molar-refractivity contribution in [3.8, 4) is 0 Å². The zero-order chi connectivity index (χ0) is 14.6. The van der Waals surface area contributed by atoms with Crippen LogP contribution in [0.3, 0.4) is 0 Å². The van der Waals surface area contributed by atoms with Gasteiger partial charge in [-0.1, -0.05) is 0 Å². The fraction of sp³-hybridized carbons (Fsp3) is 1.00. The molecule has 0 amide bonds. The van der Waals surface area contributed by atoms with Crippen LogP contribution in [0.4, 0.5) is 8.78 Å². The van der Waals surface area contributed by atoms with Gasteiger partial charge in [-0.25, -0.2) is 17.2 Å². The van der Waals surface area contributed by atoms with Crippen LogP contribution >= 0.6 is 0 Å². The molecule has 1 fully saturated rings. The third kappa shape index (κ3) is 5.29. The Morgan fingerprint density at radius 2 is 1.89 bits per heavy atom. The minimum absolute atomic E-state index is 0.0566. The molecule has 2 atom stereocenters. The molecule has 0 aromatic rings. The molecule has 0 radical (unpaired) electrons. The quantitative estimate of drug-likeness (QED) is 0.675. The summed E-state index contributed by atoms with van der Waals surface area (Å²) in [7, 11) is -3.19. The summed E-state index contributed by atoms with van der Waals surface area (Å²) in [5.74, 6) is 0. The van der Waals surface area contributed by atoms with Gasteiger partial charge in [0, 0.05) is 31.7 Å². The van der Waals surface area contributed by atoms with Crippen LogP contribution in [0.15, 0.2) is 0 Å². The van der Waals surface area contributed by atoms with Crippen molar-refractivity contribution < 1.29 is 21.9 Å². The van der Waals surface area contributed by atoms with Crippen molar-refractivity contribution >= 4 is 10.0 Å². The zero-order valence-electron chi connectivity index (χ0n) is 11.6. The van der Waals surface area contributed by atoms with E-state index in [1.54, 1.807) is 0 Å². The molecule has 1 rings (SSSR count). The number of alkyl halides is 2. The molecule has 0 unspecified atom stereocenters. The highest BCUT2D eigenvalue weighted by Crippen LogP contribution is 2.17. The summed E-state index contributed by atoms with van der Waals surface area (Å²) < 4.78 is 53.3. The lowest BCUT2D eigenvalue weighted by Gasteiger charge is -2.42. The van der Waals surface area contributed by atoms with Gasteiger partial charge in [-0.3, -0.25) is 4.90 Å². The summed E-state index contributed by atoms with van der Waals surface area (Å²) in [6.45, 7) is 5.02. The molecule has 0 aliphatic carbocycles. The fourth-order valence-electron chi connectivity index (χ4n) is 2.29. The first-order valence-corrected chi connectivity index (χ1v) is 8.13. The van der Waals surface area contributed by atoms with Crippen molar-refractivity contribution in [3.05, 3.63) is 0 Å². The molecule has 0 N–H and O–H groups in total. The van der Waals surface area contributed by atoms with E-state index in [9.17, 15) is 17.2 Å². The van der Waals surface area contributed by atoms with Gasteiger partial charge >= 0.3 is 0 Å². The lowest BCUT2D eigenvalue weighted by atomic mass is 10.1. The highest BCUT2D eigenvalue weighted by atomic mass is 32.2. The molecule has 0 saturated carbocycles. The van der Waals surface area contributed by atoms with Gasteiger partial charge in [0.25, 0.3) is 6.43 Å². The molecule has 0 spiro atoms. The Labute approximate surface area is 113 Å². The van der Waals surface area contributed by atoms with Crippen LogP contribution in [-0.4, -0.2) is 75.2 Å². The monoisotopic (exact) mass is 300 g/mol. The zero-order valence-corrected chi connectivity index (χ0v) is 12.4. The summed E-state index contributed by atoms with van der Waals surface area (Å²) >= 11 is 0. The maximum Gasteiger partial charge on any atom is 0.261 e. The van der Waals surface area contributed by atoms with Gasteiger partial charge in [0.1, 0.15) is 6.61 Å². The molecule has 114 valence electrons. The Bertz CT molecular complexity index is 378. The first-order chi connectivity index (χ1) is 8.71. The molecule has 0 aromatic carbocycles.